The normalized spacial score (nSPS) is 10.6. The minimum Gasteiger partial charge on any atom is -0.369 e. The lowest BCUT2D eigenvalue weighted by molar-refractivity contribution is 0.642. The van der Waals surface area contributed by atoms with Gasteiger partial charge in [0.1, 0.15) is 0 Å². The van der Waals surface area contributed by atoms with Crippen molar-refractivity contribution in [2.75, 3.05) is 14.1 Å². The molecule has 0 amide bonds. The number of aliphatic imine (C=N–C) groups is 1. The van der Waals surface area contributed by atoms with Gasteiger partial charge in [-0.05, 0) is 5.21 Å². The first-order valence-electron chi connectivity index (χ1n) is 2.73. The average Bonchev–Trinajstić information content (AvgIpc) is 2.34. The second-order valence-electron chi connectivity index (χ2n) is 1.92. The Morgan fingerprint density at radius 3 is 2.90 bits per heavy atom. The summed E-state index contributed by atoms with van der Waals surface area (Å²) in [5, 5.41) is 12.9. The van der Waals surface area contributed by atoms with Gasteiger partial charge in [-0.3, -0.25) is 0 Å². The number of nitrogens with zero attached hydrogens (tertiary/aromatic N) is 5. The minimum atomic E-state index is 0.341. The molecule has 0 atom stereocenters. The molecule has 1 N–H and O–H groups in total. The lowest BCUT2D eigenvalue weighted by Crippen LogP contribution is -2.07. The third kappa shape index (κ3) is 1.81. The first-order chi connectivity index (χ1) is 4.79. The fourth-order valence-electron chi connectivity index (χ4n) is 0.378. The fourth-order valence-corrected chi connectivity index (χ4v) is 0.378. The third-order valence-corrected chi connectivity index (χ3v) is 0.738. The Kier molecular flexibility index (Phi) is 1.93. The van der Waals surface area contributed by atoms with E-state index in [0.29, 0.717) is 5.95 Å². The van der Waals surface area contributed by atoms with Gasteiger partial charge in [0, 0.05) is 14.1 Å². The van der Waals surface area contributed by atoms with Gasteiger partial charge >= 0.3 is 0 Å². The molecule has 54 valence electrons. The molecule has 0 aromatic carbocycles. The van der Waals surface area contributed by atoms with Crippen LogP contribution in [0, 0.1) is 0 Å². The van der Waals surface area contributed by atoms with Gasteiger partial charge < -0.3 is 4.90 Å². The van der Waals surface area contributed by atoms with E-state index in [0.717, 1.165) is 0 Å². The van der Waals surface area contributed by atoms with Gasteiger partial charge in [0.25, 0.3) is 5.95 Å². The lowest BCUT2D eigenvalue weighted by Gasteiger charge is -1.99. The molecule has 10 heavy (non-hydrogen) atoms. The Morgan fingerprint density at radius 2 is 2.40 bits per heavy atom. The number of nitrogens with one attached hydrogen (secondary N) is 1. The molecule has 0 bridgehead atoms. The number of hydrogen-bond donors (Lipinski definition) is 1. The SMILES string of the molecule is CN(C)C=Nc1nn[nH]n1. The standard InChI is InChI=1S/C4H8N6/c1-10(2)3-5-4-6-8-9-7-4/h3H,1-2H3,(H,6,7,8,9). The summed E-state index contributed by atoms with van der Waals surface area (Å²) in [7, 11) is 3.73. The summed E-state index contributed by atoms with van der Waals surface area (Å²) < 4.78 is 0. The van der Waals surface area contributed by atoms with Gasteiger partial charge in [0.15, 0.2) is 0 Å². The van der Waals surface area contributed by atoms with Crippen molar-refractivity contribution in [1.29, 1.82) is 0 Å². The zero-order valence-corrected chi connectivity index (χ0v) is 5.81. The summed E-state index contributed by atoms with van der Waals surface area (Å²) in [4.78, 5) is 5.64. The molecule has 0 spiro atoms. The van der Waals surface area contributed by atoms with Crippen LogP contribution in [-0.4, -0.2) is 46.0 Å². The van der Waals surface area contributed by atoms with Crippen molar-refractivity contribution in [3.8, 4) is 0 Å². The van der Waals surface area contributed by atoms with Crippen LogP contribution in [-0.2, 0) is 0 Å². The molecule has 6 heteroatoms. The second-order valence-corrected chi connectivity index (χ2v) is 1.92. The van der Waals surface area contributed by atoms with Crippen molar-refractivity contribution in [1.82, 2.24) is 25.5 Å². The average molecular weight is 140 g/mol. The Hall–Kier alpha value is -1.46. The molecule has 1 aromatic heterocycles. The van der Waals surface area contributed by atoms with Crippen LogP contribution in [0.4, 0.5) is 5.95 Å². The van der Waals surface area contributed by atoms with E-state index in [2.05, 4.69) is 25.6 Å². The highest BCUT2D eigenvalue weighted by atomic mass is 15.5. The summed E-state index contributed by atoms with van der Waals surface area (Å²) in [6, 6.07) is 0. The van der Waals surface area contributed by atoms with E-state index in [1.54, 1.807) is 11.2 Å². The highest BCUT2D eigenvalue weighted by Gasteiger charge is 1.89. The number of rotatable bonds is 2. The van der Waals surface area contributed by atoms with E-state index < -0.39 is 0 Å². The molecule has 0 aliphatic heterocycles. The van der Waals surface area contributed by atoms with Crippen LogP contribution >= 0.6 is 0 Å². The maximum absolute atomic E-state index is 3.85. The molecule has 1 rings (SSSR count). The van der Waals surface area contributed by atoms with Crippen LogP contribution in [0.5, 0.6) is 0 Å². The maximum atomic E-state index is 3.85. The molecule has 6 nitrogen and oxygen atoms in total. The quantitative estimate of drug-likeness (QED) is 0.440. The van der Waals surface area contributed by atoms with Crippen molar-refractivity contribution < 1.29 is 0 Å². The smallest absolute Gasteiger partial charge is 0.290 e. The zero-order chi connectivity index (χ0) is 7.40. The summed E-state index contributed by atoms with van der Waals surface area (Å²) in [6.45, 7) is 0. The predicted molar refractivity (Wildman–Crippen MR) is 36.0 cm³/mol. The molecule has 0 aliphatic carbocycles. The number of aromatic amines is 1. The molecule has 0 saturated heterocycles. The number of tetrazole rings is 1. The van der Waals surface area contributed by atoms with Gasteiger partial charge in [-0.15, -0.1) is 5.10 Å². The van der Waals surface area contributed by atoms with Crippen LogP contribution in [0.1, 0.15) is 0 Å². The Morgan fingerprint density at radius 1 is 1.60 bits per heavy atom. The Bertz CT molecular complexity index is 200. The van der Waals surface area contributed by atoms with E-state index in [1.165, 1.54) is 0 Å². The van der Waals surface area contributed by atoms with Crippen LogP contribution in [0.25, 0.3) is 0 Å². The summed E-state index contributed by atoms with van der Waals surface area (Å²) in [5.74, 6) is 0.341. The van der Waals surface area contributed by atoms with Gasteiger partial charge in [-0.25, -0.2) is 0 Å². The molecule has 0 radical (unpaired) electrons. The van der Waals surface area contributed by atoms with Crippen LogP contribution in [0.2, 0.25) is 0 Å². The second kappa shape index (κ2) is 2.90. The molecule has 1 heterocycles. The zero-order valence-electron chi connectivity index (χ0n) is 5.81. The topological polar surface area (TPSA) is 70.1 Å². The van der Waals surface area contributed by atoms with Crippen molar-refractivity contribution >= 4 is 12.3 Å². The highest BCUT2D eigenvalue weighted by Crippen LogP contribution is 1.93. The molecule has 0 aliphatic rings. The largest absolute Gasteiger partial charge is 0.369 e. The number of H-pyrrole nitrogens is 1. The summed E-state index contributed by atoms with van der Waals surface area (Å²) in [6.07, 6.45) is 1.60. The van der Waals surface area contributed by atoms with Crippen LogP contribution in [0.15, 0.2) is 4.99 Å². The fraction of sp³-hybridized carbons (Fsp3) is 0.500. The predicted octanol–water partition coefficient (Wildman–Crippen LogP) is -0.579. The van der Waals surface area contributed by atoms with E-state index in [1.807, 2.05) is 14.1 Å². The van der Waals surface area contributed by atoms with Crippen molar-refractivity contribution in [2.45, 2.75) is 0 Å². The van der Waals surface area contributed by atoms with Gasteiger partial charge in [-0.1, -0.05) is 5.10 Å². The molecule has 0 fully saturated rings. The lowest BCUT2D eigenvalue weighted by atomic mass is 10.9. The van der Waals surface area contributed by atoms with Gasteiger partial charge in [0.2, 0.25) is 0 Å². The van der Waals surface area contributed by atoms with Crippen molar-refractivity contribution in [3.63, 3.8) is 0 Å². The summed E-state index contributed by atoms with van der Waals surface area (Å²) in [5.41, 5.74) is 0. The van der Waals surface area contributed by atoms with Gasteiger partial charge in [0.05, 0.1) is 6.34 Å². The van der Waals surface area contributed by atoms with Crippen molar-refractivity contribution in [3.05, 3.63) is 0 Å². The van der Waals surface area contributed by atoms with E-state index in [9.17, 15) is 0 Å². The molecular weight excluding hydrogens is 132 g/mol. The first-order valence-corrected chi connectivity index (χ1v) is 2.73. The van der Waals surface area contributed by atoms with E-state index in [-0.39, 0.29) is 0 Å². The van der Waals surface area contributed by atoms with Crippen LogP contribution in [0.3, 0.4) is 0 Å². The molecular formula is C4H8N6. The van der Waals surface area contributed by atoms with Gasteiger partial charge in [-0.2, -0.15) is 10.2 Å². The number of aromatic nitrogens is 4. The van der Waals surface area contributed by atoms with E-state index in [4.69, 9.17) is 0 Å². The Labute approximate surface area is 58.0 Å². The third-order valence-electron chi connectivity index (χ3n) is 0.738. The van der Waals surface area contributed by atoms with Crippen LogP contribution < -0.4 is 0 Å². The molecule has 0 saturated carbocycles. The summed E-state index contributed by atoms with van der Waals surface area (Å²) >= 11 is 0. The Balaban J connectivity index is 2.55. The number of hydrogen-bond acceptors (Lipinski definition) is 4. The monoisotopic (exact) mass is 140 g/mol. The highest BCUT2D eigenvalue weighted by molar-refractivity contribution is 5.57. The first kappa shape index (κ1) is 6.66. The molecule has 1 aromatic rings. The van der Waals surface area contributed by atoms with Crippen molar-refractivity contribution in [2.24, 2.45) is 4.99 Å². The maximum Gasteiger partial charge on any atom is 0.290 e. The van der Waals surface area contributed by atoms with E-state index >= 15 is 0 Å². The molecule has 0 unspecified atom stereocenters. The minimum absolute atomic E-state index is 0.341.